The van der Waals surface area contributed by atoms with Crippen molar-refractivity contribution in [3.63, 3.8) is 0 Å². The van der Waals surface area contributed by atoms with E-state index >= 15 is 0 Å². The Hall–Kier alpha value is -1.88. The third-order valence-electron chi connectivity index (χ3n) is 4.18. The van der Waals surface area contributed by atoms with Gasteiger partial charge >= 0.3 is 6.23 Å². The summed E-state index contributed by atoms with van der Waals surface area (Å²) in [6.07, 6.45) is -0.323. The molecule has 0 amide bonds. The predicted molar refractivity (Wildman–Crippen MR) is 81.1 cm³/mol. The number of hydrogen-bond acceptors (Lipinski definition) is 4. The number of halogens is 1. The molecule has 116 valence electrons. The summed E-state index contributed by atoms with van der Waals surface area (Å²) in [5, 5.41) is 11.9. The van der Waals surface area contributed by atoms with Crippen LogP contribution in [0.2, 0.25) is 5.02 Å². The van der Waals surface area contributed by atoms with Crippen LogP contribution in [0.3, 0.4) is 0 Å². The molecule has 0 unspecified atom stereocenters. The molecule has 1 aromatic rings. The van der Waals surface area contributed by atoms with E-state index in [0.717, 1.165) is 0 Å². The molecule has 0 bridgehead atoms. The highest BCUT2D eigenvalue weighted by Crippen LogP contribution is 2.48. The van der Waals surface area contributed by atoms with Gasteiger partial charge < -0.3 is 4.74 Å². The van der Waals surface area contributed by atoms with Crippen LogP contribution >= 0.6 is 11.6 Å². The molecule has 0 saturated heterocycles. The number of nitrogens with zero attached hydrogens (tertiary/aromatic N) is 1. The van der Waals surface area contributed by atoms with Gasteiger partial charge in [-0.25, -0.2) is 0 Å². The lowest BCUT2D eigenvalue weighted by Gasteiger charge is -2.28. The number of carbonyl (C=O) groups is 1. The molecule has 3 rings (SSSR count). The quantitative estimate of drug-likeness (QED) is 0.615. The molecule has 1 heterocycles. The van der Waals surface area contributed by atoms with Gasteiger partial charge in [0.1, 0.15) is 11.7 Å². The maximum atomic E-state index is 12.5. The van der Waals surface area contributed by atoms with Gasteiger partial charge in [0.2, 0.25) is 0 Å². The normalized spacial score (nSPS) is 26.6. The van der Waals surface area contributed by atoms with E-state index in [0.29, 0.717) is 34.8 Å². The number of carbonyl (C=O) groups excluding carboxylic acids is 1. The number of hydrogen-bond donors (Lipinski definition) is 0. The van der Waals surface area contributed by atoms with Gasteiger partial charge in [-0.3, -0.25) is 14.9 Å². The van der Waals surface area contributed by atoms with Gasteiger partial charge in [0.25, 0.3) is 0 Å². The van der Waals surface area contributed by atoms with Crippen LogP contribution in [0.5, 0.6) is 0 Å². The molecular formula is C16H16ClNO4. The van der Waals surface area contributed by atoms with Gasteiger partial charge in [-0.15, -0.1) is 0 Å². The van der Waals surface area contributed by atoms with Crippen LogP contribution in [0.1, 0.15) is 38.2 Å². The number of benzene rings is 1. The SMILES string of the molecule is CC1(C)CC(=O)C2=C(C1)O[C@@H]([N+](=O)[O-])[C@@H]2c1ccc(Cl)cc1. The molecule has 1 aliphatic carbocycles. The van der Waals surface area contributed by atoms with Crippen molar-refractivity contribution in [2.45, 2.75) is 38.8 Å². The minimum Gasteiger partial charge on any atom is -0.433 e. The van der Waals surface area contributed by atoms with Gasteiger partial charge in [-0.05, 0) is 23.1 Å². The van der Waals surface area contributed by atoms with Crippen LogP contribution in [-0.2, 0) is 9.53 Å². The zero-order chi connectivity index (χ0) is 16.1. The first-order valence-corrected chi connectivity index (χ1v) is 7.48. The van der Waals surface area contributed by atoms with Gasteiger partial charge in [-0.2, -0.15) is 0 Å². The van der Waals surface area contributed by atoms with Crippen LogP contribution < -0.4 is 0 Å². The third kappa shape index (κ3) is 2.50. The van der Waals surface area contributed by atoms with Crippen LogP contribution in [0.25, 0.3) is 0 Å². The molecular weight excluding hydrogens is 306 g/mol. The highest BCUT2D eigenvalue weighted by molar-refractivity contribution is 6.30. The highest BCUT2D eigenvalue weighted by atomic mass is 35.5. The van der Waals surface area contributed by atoms with Crippen molar-refractivity contribution in [3.05, 3.63) is 56.3 Å². The van der Waals surface area contributed by atoms with E-state index in [1.54, 1.807) is 24.3 Å². The van der Waals surface area contributed by atoms with Crippen LogP contribution in [0.4, 0.5) is 0 Å². The van der Waals surface area contributed by atoms with E-state index in [9.17, 15) is 14.9 Å². The second-order valence-electron chi connectivity index (χ2n) is 6.60. The average Bonchev–Trinajstić information content (AvgIpc) is 2.77. The van der Waals surface area contributed by atoms with Crippen molar-refractivity contribution in [3.8, 4) is 0 Å². The molecule has 0 saturated carbocycles. The fourth-order valence-corrected chi connectivity index (χ4v) is 3.38. The molecule has 2 atom stereocenters. The van der Waals surface area contributed by atoms with E-state index in [1.165, 1.54) is 0 Å². The number of Topliss-reactive ketones (excluding diaryl/α,β-unsaturated/α-hetero) is 1. The first-order chi connectivity index (χ1) is 10.3. The second kappa shape index (κ2) is 5.09. The van der Waals surface area contributed by atoms with E-state index < -0.39 is 17.1 Å². The summed E-state index contributed by atoms with van der Waals surface area (Å²) in [5.41, 5.74) is 0.916. The van der Waals surface area contributed by atoms with E-state index in [4.69, 9.17) is 16.3 Å². The lowest BCUT2D eigenvalue weighted by molar-refractivity contribution is -0.570. The fourth-order valence-electron chi connectivity index (χ4n) is 3.25. The van der Waals surface area contributed by atoms with E-state index in [-0.39, 0.29) is 11.2 Å². The molecule has 1 aliphatic heterocycles. The number of rotatable bonds is 2. The van der Waals surface area contributed by atoms with Gasteiger partial charge in [0, 0.05) is 17.9 Å². The van der Waals surface area contributed by atoms with Crippen LogP contribution in [0, 0.1) is 15.5 Å². The second-order valence-corrected chi connectivity index (χ2v) is 7.04. The topological polar surface area (TPSA) is 69.4 Å². The lowest BCUT2D eigenvalue weighted by Crippen LogP contribution is -2.28. The van der Waals surface area contributed by atoms with Crippen molar-refractivity contribution >= 4 is 17.4 Å². The first kappa shape index (κ1) is 15.0. The molecule has 0 fully saturated rings. The Morgan fingerprint density at radius 1 is 1.27 bits per heavy atom. The van der Waals surface area contributed by atoms with Crippen molar-refractivity contribution in [1.82, 2.24) is 0 Å². The predicted octanol–water partition coefficient (Wildman–Crippen LogP) is 3.70. The van der Waals surface area contributed by atoms with Crippen LogP contribution in [0.15, 0.2) is 35.6 Å². The number of ketones is 1. The average molecular weight is 322 g/mol. The summed E-state index contributed by atoms with van der Waals surface area (Å²) in [5.74, 6) is -0.246. The molecule has 5 nitrogen and oxygen atoms in total. The van der Waals surface area contributed by atoms with Crippen molar-refractivity contribution < 1.29 is 14.5 Å². The molecule has 2 aliphatic rings. The number of allylic oxidation sites excluding steroid dienone is 1. The first-order valence-electron chi connectivity index (χ1n) is 7.10. The maximum absolute atomic E-state index is 12.5. The van der Waals surface area contributed by atoms with Crippen LogP contribution in [-0.4, -0.2) is 16.9 Å². The molecule has 6 heteroatoms. The minimum absolute atomic E-state index is 0.0597. The molecule has 0 radical (unpaired) electrons. The smallest absolute Gasteiger partial charge is 0.364 e. The minimum atomic E-state index is -1.25. The monoisotopic (exact) mass is 321 g/mol. The number of ether oxygens (including phenoxy) is 1. The van der Waals surface area contributed by atoms with Gasteiger partial charge in [0.15, 0.2) is 5.78 Å². The Balaban J connectivity index is 2.07. The van der Waals surface area contributed by atoms with Gasteiger partial charge in [-0.1, -0.05) is 37.6 Å². The lowest BCUT2D eigenvalue weighted by atomic mass is 9.73. The number of nitro groups is 1. The van der Waals surface area contributed by atoms with E-state index in [1.807, 2.05) is 13.8 Å². The molecule has 0 spiro atoms. The molecule has 1 aromatic carbocycles. The summed E-state index contributed by atoms with van der Waals surface area (Å²) in [7, 11) is 0. The highest BCUT2D eigenvalue weighted by Gasteiger charge is 2.51. The Labute approximate surface area is 133 Å². The molecule has 22 heavy (non-hydrogen) atoms. The van der Waals surface area contributed by atoms with E-state index in [2.05, 4.69) is 0 Å². The fraction of sp³-hybridized carbons (Fsp3) is 0.438. The summed E-state index contributed by atoms with van der Waals surface area (Å²) in [6, 6.07) is 6.78. The zero-order valence-electron chi connectivity index (χ0n) is 12.3. The Bertz CT molecular complexity index is 678. The maximum Gasteiger partial charge on any atom is 0.364 e. The Morgan fingerprint density at radius 3 is 2.50 bits per heavy atom. The summed E-state index contributed by atoms with van der Waals surface area (Å²) >= 11 is 5.88. The van der Waals surface area contributed by atoms with Crippen molar-refractivity contribution in [2.24, 2.45) is 5.41 Å². The van der Waals surface area contributed by atoms with Gasteiger partial charge in [0.05, 0.1) is 10.5 Å². The Morgan fingerprint density at radius 2 is 1.91 bits per heavy atom. The Kier molecular flexibility index (Phi) is 3.48. The summed E-state index contributed by atoms with van der Waals surface area (Å²) < 4.78 is 5.56. The van der Waals surface area contributed by atoms with Crippen molar-refractivity contribution in [1.29, 1.82) is 0 Å². The standard InChI is InChI=1S/C16H16ClNO4/c1-16(2)7-11(19)14-12(8-16)22-15(18(20)21)13(14)9-3-5-10(17)6-4-9/h3-6,13,15H,7-8H2,1-2H3/t13-,15-/m1/s1. The zero-order valence-corrected chi connectivity index (χ0v) is 13.1. The molecule has 0 N–H and O–H groups in total. The largest absolute Gasteiger partial charge is 0.433 e. The summed E-state index contributed by atoms with van der Waals surface area (Å²) in [6.45, 7) is 3.93. The summed E-state index contributed by atoms with van der Waals surface area (Å²) in [4.78, 5) is 23.4. The third-order valence-corrected chi connectivity index (χ3v) is 4.43. The van der Waals surface area contributed by atoms with Crippen molar-refractivity contribution in [2.75, 3.05) is 0 Å². The molecule has 0 aromatic heterocycles.